The van der Waals surface area contributed by atoms with Gasteiger partial charge in [-0.15, -0.1) is 0 Å². The summed E-state index contributed by atoms with van der Waals surface area (Å²) in [6.45, 7) is 0.718. The molecule has 0 N–H and O–H groups in total. The van der Waals surface area contributed by atoms with Crippen molar-refractivity contribution in [3.05, 3.63) is 24.6 Å². The van der Waals surface area contributed by atoms with E-state index in [1.54, 1.807) is 0 Å². The molecular weight excluding hydrogens is 190 g/mol. The molecule has 0 unspecified atom stereocenters. The molecule has 1 aromatic carbocycles. The molecule has 1 aromatic heterocycles. The first-order valence-corrected chi connectivity index (χ1v) is 4.72. The summed E-state index contributed by atoms with van der Waals surface area (Å²) in [6.07, 6.45) is 1.95. The highest BCUT2D eigenvalue weighted by atomic mass is 16.3. The number of hydrogen-bond donors (Lipinski definition) is 0. The van der Waals surface area contributed by atoms with Crippen molar-refractivity contribution in [2.75, 3.05) is 18.5 Å². The molecule has 2 aromatic rings. The Morgan fingerprint density at radius 3 is 3.20 bits per heavy atom. The SMILES string of the molecule is CN(CCC#N)c1ccc2ncoc2c1. The van der Waals surface area contributed by atoms with E-state index < -0.39 is 0 Å². The lowest BCUT2D eigenvalue weighted by atomic mass is 10.2. The third-order valence-corrected chi connectivity index (χ3v) is 2.31. The average Bonchev–Trinajstić information content (AvgIpc) is 2.72. The molecule has 0 atom stereocenters. The van der Waals surface area contributed by atoms with Crippen LogP contribution in [0.15, 0.2) is 29.0 Å². The van der Waals surface area contributed by atoms with Gasteiger partial charge < -0.3 is 9.32 Å². The maximum absolute atomic E-state index is 8.50. The summed E-state index contributed by atoms with van der Waals surface area (Å²) in [5, 5.41) is 8.50. The minimum atomic E-state index is 0.519. The Morgan fingerprint density at radius 1 is 1.53 bits per heavy atom. The molecule has 0 bridgehead atoms. The van der Waals surface area contributed by atoms with Gasteiger partial charge in [-0.25, -0.2) is 4.98 Å². The second-order valence-electron chi connectivity index (χ2n) is 3.33. The molecular formula is C11H11N3O. The van der Waals surface area contributed by atoms with E-state index in [1.165, 1.54) is 6.39 Å². The third-order valence-electron chi connectivity index (χ3n) is 2.31. The van der Waals surface area contributed by atoms with Crippen molar-refractivity contribution in [3.63, 3.8) is 0 Å². The fourth-order valence-electron chi connectivity index (χ4n) is 1.43. The monoisotopic (exact) mass is 201 g/mol. The van der Waals surface area contributed by atoms with Crippen molar-refractivity contribution in [1.82, 2.24) is 4.98 Å². The fourth-order valence-corrected chi connectivity index (χ4v) is 1.43. The van der Waals surface area contributed by atoms with Crippen LogP contribution in [0.25, 0.3) is 11.1 Å². The average molecular weight is 201 g/mol. The summed E-state index contributed by atoms with van der Waals surface area (Å²) >= 11 is 0. The Balaban J connectivity index is 2.24. The molecule has 0 spiro atoms. The molecule has 0 amide bonds. The maximum Gasteiger partial charge on any atom is 0.181 e. The number of anilines is 1. The quantitative estimate of drug-likeness (QED) is 0.763. The van der Waals surface area contributed by atoms with E-state index in [0.29, 0.717) is 6.42 Å². The number of nitrogens with zero attached hydrogens (tertiary/aromatic N) is 3. The molecule has 0 fully saturated rings. The normalized spacial score (nSPS) is 10.1. The summed E-state index contributed by atoms with van der Waals surface area (Å²) in [6, 6.07) is 7.94. The molecule has 0 radical (unpaired) electrons. The zero-order valence-corrected chi connectivity index (χ0v) is 8.47. The number of rotatable bonds is 3. The van der Waals surface area contributed by atoms with Crippen molar-refractivity contribution >= 4 is 16.8 Å². The van der Waals surface area contributed by atoms with Crippen LogP contribution in [0.4, 0.5) is 5.69 Å². The van der Waals surface area contributed by atoms with Crippen LogP contribution in [0.5, 0.6) is 0 Å². The van der Waals surface area contributed by atoms with E-state index in [-0.39, 0.29) is 0 Å². The summed E-state index contributed by atoms with van der Waals surface area (Å²) in [5.74, 6) is 0. The first kappa shape index (κ1) is 9.53. The first-order chi connectivity index (χ1) is 7.31. The van der Waals surface area contributed by atoms with Gasteiger partial charge in [0.25, 0.3) is 0 Å². The van der Waals surface area contributed by atoms with Crippen molar-refractivity contribution in [1.29, 1.82) is 5.26 Å². The van der Waals surface area contributed by atoms with Gasteiger partial charge in [-0.05, 0) is 12.1 Å². The lowest BCUT2D eigenvalue weighted by molar-refractivity contribution is 0.602. The molecule has 4 nitrogen and oxygen atoms in total. The molecule has 0 aliphatic carbocycles. The van der Waals surface area contributed by atoms with Crippen molar-refractivity contribution in [3.8, 4) is 6.07 Å². The zero-order valence-electron chi connectivity index (χ0n) is 8.47. The predicted molar refractivity (Wildman–Crippen MR) is 57.5 cm³/mol. The molecule has 1 heterocycles. The van der Waals surface area contributed by atoms with Crippen LogP contribution < -0.4 is 4.90 Å². The van der Waals surface area contributed by atoms with Gasteiger partial charge in [0, 0.05) is 25.3 Å². The van der Waals surface area contributed by atoms with Gasteiger partial charge in [-0.1, -0.05) is 0 Å². The minimum absolute atomic E-state index is 0.519. The lowest BCUT2D eigenvalue weighted by Crippen LogP contribution is -2.17. The van der Waals surface area contributed by atoms with Crippen LogP contribution in [0, 0.1) is 11.3 Å². The zero-order chi connectivity index (χ0) is 10.7. The Kier molecular flexibility index (Phi) is 2.55. The topological polar surface area (TPSA) is 53.1 Å². The van der Waals surface area contributed by atoms with Gasteiger partial charge in [-0.3, -0.25) is 0 Å². The Hall–Kier alpha value is -2.02. The third kappa shape index (κ3) is 1.91. The summed E-state index contributed by atoms with van der Waals surface area (Å²) < 4.78 is 5.21. The maximum atomic E-state index is 8.50. The van der Waals surface area contributed by atoms with E-state index in [0.717, 1.165) is 23.3 Å². The van der Waals surface area contributed by atoms with Crippen LogP contribution in [-0.4, -0.2) is 18.6 Å². The summed E-state index contributed by atoms with van der Waals surface area (Å²) in [5.41, 5.74) is 2.67. The van der Waals surface area contributed by atoms with Crippen molar-refractivity contribution < 1.29 is 4.42 Å². The molecule has 0 saturated heterocycles. The highest BCUT2D eigenvalue weighted by molar-refractivity contribution is 5.76. The van der Waals surface area contributed by atoms with E-state index in [1.807, 2.05) is 30.1 Å². The number of benzene rings is 1. The van der Waals surface area contributed by atoms with Crippen molar-refractivity contribution in [2.45, 2.75) is 6.42 Å². The van der Waals surface area contributed by atoms with E-state index >= 15 is 0 Å². The summed E-state index contributed by atoms with van der Waals surface area (Å²) in [4.78, 5) is 6.06. The van der Waals surface area contributed by atoms with Gasteiger partial charge in [0.15, 0.2) is 12.0 Å². The number of oxazole rings is 1. The predicted octanol–water partition coefficient (Wildman–Crippen LogP) is 2.18. The van der Waals surface area contributed by atoms with Gasteiger partial charge >= 0.3 is 0 Å². The standard InChI is InChI=1S/C11H11N3O/c1-14(6-2-5-12)9-3-4-10-11(7-9)15-8-13-10/h3-4,7-8H,2,6H2,1H3. The second-order valence-corrected chi connectivity index (χ2v) is 3.33. The van der Waals surface area contributed by atoms with Crippen LogP contribution in [0.2, 0.25) is 0 Å². The van der Waals surface area contributed by atoms with Crippen LogP contribution in [0.1, 0.15) is 6.42 Å². The van der Waals surface area contributed by atoms with Crippen LogP contribution in [0.3, 0.4) is 0 Å². The first-order valence-electron chi connectivity index (χ1n) is 4.72. The number of nitriles is 1. The fraction of sp³-hybridized carbons (Fsp3) is 0.273. The highest BCUT2D eigenvalue weighted by Crippen LogP contribution is 2.20. The molecule has 0 aliphatic rings. The van der Waals surface area contributed by atoms with E-state index in [2.05, 4.69) is 11.1 Å². The molecule has 76 valence electrons. The van der Waals surface area contributed by atoms with Gasteiger partial charge in [-0.2, -0.15) is 5.26 Å². The minimum Gasteiger partial charge on any atom is -0.443 e. The van der Waals surface area contributed by atoms with Crippen LogP contribution >= 0.6 is 0 Å². The molecule has 15 heavy (non-hydrogen) atoms. The number of hydrogen-bond acceptors (Lipinski definition) is 4. The Labute approximate surface area is 87.7 Å². The molecule has 0 aliphatic heterocycles. The van der Waals surface area contributed by atoms with Gasteiger partial charge in [0.05, 0.1) is 12.5 Å². The molecule has 0 saturated carbocycles. The molecule has 2 rings (SSSR count). The highest BCUT2D eigenvalue weighted by Gasteiger charge is 2.03. The Bertz CT molecular complexity index is 498. The lowest BCUT2D eigenvalue weighted by Gasteiger charge is -2.16. The number of aromatic nitrogens is 1. The largest absolute Gasteiger partial charge is 0.443 e. The van der Waals surface area contributed by atoms with Crippen molar-refractivity contribution in [2.24, 2.45) is 0 Å². The van der Waals surface area contributed by atoms with Gasteiger partial charge in [0.1, 0.15) is 5.52 Å². The Morgan fingerprint density at radius 2 is 2.40 bits per heavy atom. The van der Waals surface area contributed by atoms with Crippen LogP contribution in [-0.2, 0) is 0 Å². The van der Waals surface area contributed by atoms with E-state index in [4.69, 9.17) is 9.68 Å². The van der Waals surface area contributed by atoms with Gasteiger partial charge in [0.2, 0.25) is 0 Å². The molecule has 4 heteroatoms. The second kappa shape index (κ2) is 4.01. The smallest absolute Gasteiger partial charge is 0.181 e. The van der Waals surface area contributed by atoms with E-state index in [9.17, 15) is 0 Å². The number of fused-ring (bicyclic) bond motifs is 1. The summed E-state index contributed by atoms with van der Waals surface area (Å²) in [7, 11) is 1.95.